The third-order valence-corrected chi connectivity index (χ3v) is 2.85. The highest BCUT2D eigenvalue weighted by Crippen LogP contribution is 2.13. The van der Waals surface area contributed by atoms with Crippen LogP contribution in [-0.2, 0) is 13.0 Å². The number of aliphatic hydroxyl groups excluding tert-OH is 1. The van der Waals surface area contributed by atoms with Crippen molar-refractivity contribution in [1.82, 2.24) is 10.1 Å². The Kier molecular flexibility index (Phi) is 4.68. The highest BCUT2D eigenvalue weighted by Gasteiger charge is 2.15. The molecule has 0 aliphatic rings. The lowest BCUT2D eigenvalue weighted by Crippen LogP contribution is -2.17. The summed E-state index contributed by atoms with van der Waals surface area (Å²) in [6, 6.07) is 5.68. The van der Waals surface area contributed by atoms with E-state index in [4.69, 9.17) is 9.26 Å². The minimum absolute atomic E-state index is 0.126. The molecule has 0 saturated carbocycles. The van der Waals surface area contributed by atoms with Crippen LogP contribution in [0, 0.1) is 11.7 Å². The van der Waals surface area contributed by atoms with Gasteiger partial charge in [0.1, 0.15) is 11.6 Å². The molecule has 2 rings (SSSR count). The van der Waals surface area contributed by atoms with Crippen molar-refractivity contribution in [3.05, 3.63) is 41.8 Å². The second-order valence-electron chi connectivity index (χ2n) is 4.86. The summed E-state index contributed by atoms with van der Waals surface area (Å²) in [7, 11) is 0. The van der Waals surface area contributed by atoms with Crippen molar-refractivity contribution in [3.63, 3.8) is 0 Å². The lowest BCUT2D eigenvalue weighted by Gasteiger charge is -2.10. The topological polar surface area (TPSA) is 68.4 Å². The van der Waals surface area contributed by atoms with Crippen LogP contribution in [0.15, 0.2) is 28.8 Å². The summed E-state index contributed by atoms with van der Waals surface area (Å²) in [6.07, 6.45) is -0.192. The Morgan fingerprint density at radius 3 is 2.65 bits per heavy atom. The first kappa shape index (κ1) is 14.5. The normalized spacial score (nSPS) is 12.7. The van der Waals surface area contributed by atoms with Gasteiger partial charge < -0.3 is 14.4 Å². The summed E-state index contributed by atoms with van der Waals surface area (Å²) >= 11 is 0. The molecule has 1 atom stereocenters. The van der Waals surface area contributed by atoms with Crippen LogP contribution in [0.1, 0.15) is 25.6 Å². The average molecular weight is 280 g/mol. The van der Waals surface area contributed by atoms with Gasteiger partial charge in [0.05, 0.1) is 12.5 Å². The van der Waals surface area contributed by atoms with Gasteiger partial charge in [-0.15, -0.1) is 0 Å². The molecule has 0 fully saturated rings. The Balaban J connectivity index is 1.88. The maximum Gasteiger partial charge on any atom is 0.229 e. The first-order valence-corrected chi connectivity index (χ1v) is 6.42. The third-order valence-electron chi connectivity index (χ3n) is 2.85. The van der Waals surface area contributed by atoms with Gasteiger partial charge in [-0.1, -0.05) is 19.0 Å². The summed E-state index contributed by atoms with van der Waals surface area (Å²) in [6.45, 7) is 3.96. The van der Waals surface area contributed by atoms with Crippen molar-refractivity contribution in [2.45, 2.75) is 33.0 Å². The molecule has 0 unspecified atom stereocenters. The molecule has 108 valence electrons. The molecular formula is C14H17FN2O3. The van der Waals surface area contributed by atoms with Gasteiger partial charge in [-0.05, 0) is 30.2 Å². The highest BCUT2D eigenvalue weighted by molar-refractivity contribution is 5.22. The van der Waals surface area contributed by atoms with E-state index < -0.39 is 6.10 Å². The second-order valence-corrected chi connectivity index (χ2v) is 4.86. The average Bonchev–Trinajstić information content (AvgIpc) is 2.85. The van der Waals surface area contributed by atoms with Crippen molar-refractivity contribution < 1.29 is 18.8 Å². The maximum absolute atomic E-state index is 12.7. The smallest absolute Gasteiger partial charge is 0.229 e. The maximum atomic E-state index is 12.7. The standard InChI is InChI=1S/C14H17FN2O3/c1-9(2)12(18)7-14-16-13(17-20-14)8-19-11-5-3-10(15)4-6-11/h3-6,9,12,18H,7-8H2,1-2H3/t12-/m0/s1. The van der Waals surface area contributed by atoms with Crippen molar-refractivity contribution in [3.8, 4) is 5.75 Å². The summed E-state index contributed by atoms with van der Waals surface area (Å²) in [5.41, 5.74) is 0. The van der Waals surface area contributed by atoms with E-state index in [9.17, 15) is 9.50 Å². The Bertz CT molecular complexity index is 540. The molecule has 0 bridgehead atoms. The fourth-order valence-electron chi connectivity index (χ4n) is 1.52. The van der Waals surface area contributed by atoms with Gasteiger partial charge in [-0.3, -0.25) is 0 Å². The second kappa shape index (κ2) is 6.47. The lowest BCUT2D eigenvalue weighted by atomic mass is 10.0. The molecule has 2 aromatic rings. The lowest BCUT2D eigenvalue weighted by molar-refractivity contribution is 0.116. The molecule has 0 amide bonds. The number of benzene rings is 1. The van der Waals surface area contributed by atoms with Gasteiger partial charge in [0.25, 0.3) is 0 Å². The fourth-order valence-corrected chi connectivity index (χ4v) is 1.52. The van der Waals surface area contributed by atoms with E-state index in [1.807, 2.05) is 13.8 Å². The van der Waals surface area contributed by atoms with Crippen LogP contribution in [0.4, 0.5) is 4.39 Å². The zero-order chi connectivity index (χ0) is 14.5. The number of aromatic nitrogens is 2. The fraction of sp³-hybridized carbons (Fsp3) is 0.429. The Morgan fingerprint density at radius 1 is 1.30 bits per heavy atom. The van der Waals surface area contributed by atoms with Crippen LogP contribution in [0.2, 0.25) is 0 Å². The van der Waals surface area contributed by atoms with Gasteiger partial charge in [0, 0.05) is 0 Å². The number of hydrogen-bond acceptors (Lipinski definition) is 5. The third kappa shape index (κ3) is 4.03. The number of nitrogens with zero attached hydrogens (tertiary/aromatic N) is 2. The SMILES string of the molecule is CC(C)[C@@H](O)Cc1nc(COc2ccc(F)cc2)no1. The van der Waals surface area contributed by atoms with Crippen molar-refractivity contribution in [2.75, 3.05) is 0 Å². The molecule has 5 nitrogen and oxygen atoms in total. The summed E-state index contributed by atoms with van der Waals surface area (Å²) < 4.78 is 23.2. The molecule has 1 aromatic heterocycles. The van der Waals surface area contributed by atoms with E-state index in [1.165, 1.54) is 24.3 Å². The predicted octanol–water partition coefficient (Wildman–Crippen LogP) is 2.35. The number of rotatable bonds is 6. The first-order valence-electron chi connectivity index (χ1n) is 6.42. The number of aliphatic hydroxyl groups is 1. The van der Waals surface area contributed by atoms with Crippen molar-refractivity contribution >= 4 is 0 Å². The van der Waals surface area contributed by atoms with E-state index >= 15 is 0 Å². The molecule has 0 saturated heterocycles. The summed E-state index contributed by atoms with van der Waals surface area (Å²) in [4.78, 5) is 4.13. The molecule has 1 heterocycles. The minimum Gasteiger partial charge on any atom is -0.485 e. The predicted molar refractivity (Wildman–Crippen MR) is 69.6 cm³/mol. The molecule has 0 aliphatic carbocycles. The van der Waals surface area contributed by atoms with E-state index in [2.05, 4.69) is 10.1 Å². The Morgan fingerprint density at radius 2 is 2.00 bits per heavy atom. The molecule has 0 aliphatic heterocycles. The van der Waals surface area contributed by atoms with Crippen LogP contribution < -0.4 is 4.74 Å². The van der Waals surface area contributed by atoms with Gasteiger partial charge in [-0.2, -0.15) is 4.98 Å². The van der Waals surface area contributed by atoms with Crippen LogP contribution in [0.5, 0.6) is 5.75 Å². The van der Waals surface area contributed by atoms with Crippen molar-refractivity contribution in [1.29, 1.82) is 0 Å². The number of hydrogen-bond donors (Lipinski definition) is 1. The number of halogens is 1. The van der Waals surface area contributed by atoms with Gasteiger partial charge >= 0.3 is 0 Å². The zero-order valence-corrected chi connectivity index (χ0v) is 11.4. The summed E-state index contributed by atoms with van der Waals surface area (Å²) in [5, 5.41) is 13.5. The molecular weight excluding hydrogens is 263 g/mol. The molecule has 20 heavy (non-hydrogen) atoms. The summed E-state index contributed by atoms with van der Waals surface area (Å²) in [5.74, 6) is 1.10. The Hall–Kier alpha value is -1.95. The van der Waals surface area contributed by atoms with E-state index in [-0.39, 0.29) is 18.3 Å². The van der Waals surface area contributed by atoms with Gasteiger partial charge in [0.2, 0.25) is 11.7 Å². The molecule has 1 aromatic carbocycles. The Labute approximate surface area is 116 Å². The van der Waals surface area contributed by atoms with Crippen LogP contribution in [-0.4, -0.2) is 21.4 Å². The van der Waals surface area contributed by atoms with Gasteiger partial charge in [-0.25, -0.2) is 4.39 Å². The highest BCUT2D eigenvalue weighted by atomic mass is 19.1. The van der Waals surface area contributed by atoms with Gasteiger partial charge in [0.15, 0.2) is 6.61 Å². The number of ether oxygens (including phenoxy) is 1. The molecule has 6 heteroatoms. The first-order chi connectivity index (χ1) is 9.54. The zero-order valence-electron chi connectivity index (χ0n) is 11.4. The molecule has 0 radical (unpaired) electrons. The van der Waals surface area contributed by atoms with Crippen LogP contribution >= 0.6 is 0 Å². The molecule has 1 N–H and O–H groups in total. The quantitative estimate of drug-likeness (QED) is 0.879. The van der Waals surface area contributed by atoms with Crippen LogP contribution in [0.25, 0.3) is 0 Å². The monoisotopic (exact) mass is 280 g/mol. The van der Waals surface area contributed by atoms with E-state index in [1.54, 1.807) is 0 Å². The minimum atomic E-state index is -0.513. The van der Waals surface area contributed by atoms with E-state index in [0.717, 1.165) is 0 Å². The molecule has 0 spiro atoms. The van der Waals surface area contributed by atoms with Crippen LogP contribution in [0.3, 0.4) is 0 Å². The van der Waals surface area contributed by atoms with E-state index in [0.29, 0.717) is 23.9 Å². The largest absolute Gasteiger partial charge is 0.485 e. The van der Waals surface area contributed by atoms with Crippen molar-refractivity contribution in [2.24, 2.45) is 5.92 Å².